The summed E-state index contributed by atoms with van der Waals surface area (Å²) in [5, 5.41) is 15.8. The number of carboxylic acids is 1. The first-order valence-electron chi connectivity index (χ1n) is 1.96. The van der Waals surface area contributed by atoms with Crippen molar-refractivity contribution >= 4 is 12.1 Å². The molecule has 5 nitrogen and oxygen atoms in total. The molecule has 5 heteroatoms. The van der Waals surface area contributed by atoms with E-state index in [1.165, 1.54) is 6.92 Å². The van der Waals surface area contributed by atoms with Crippen molar-refractivity contribution in [2.24, 2.45) is 0 Å². The molecule has 0 aromatic heterocycles. The molecule has 0 saturated heterocycles. The zero-order valence-electron chi connectivity index (χ0n) is 4.70. The monoisotopic (exact) mass is 134 g/mol. The molecule has 0 fully saturated rings. The largest absolute Gasteiger partial charge is 0.479 e. The van der Waals surface area contributed by atoms with Gasteiger partial charge in [-0.15, -0.1) is 0 Å². The third kappa shape index (κ3) is 20.0. The van der Waals surface area contributed by atoms with Gasteiger partial charge in [-0.3, -0.25) is 0 Å². The first-order chi connectivity index (χ1) is 4.06. The van der Waals surface area contributed by atoms with Crippen LogP contribution in [-0.2, 0) is 14.4 Å². The third-order valence-corrected chi connectivity index (χ3v) is 0.357. The van der Waals surface area contributed by atoms with Crippen molar-refractivity contribution in [3.8, 4) is 0 Å². The standard InChI is InChI=1S/C3H6O3.CO2/c1-2(4)3(5)6;2-1-3/h2,4H,1H3,(H,5,6);. The summed E-state index contributed by atoms with van der Waals surface area (Å²) in [6.45, 7) is 1.20. The molecule has 9 heavy (non-hydrogen) atoms. The Morgan fingerprint density at radius 3 is 1.67 bits per heavy atom. The Labute approximate surface area is 50.9 Å². The highest BCUT2D eigenvalue weighted by molar-refractivity contribution is 5.71. The molecule has 2 N–H and O–H groups in total. The second-order valence-electron chi connectivity index (χ2n) is 1.10. The molecule has 52 valence electrons. The SMILES string of the molecule is CC(O)C(=O)O.O=C=O. The van der Waals surface area contributed by atoms with Crippen LogP contribution >= 0.6 is 0 Å². The highest BCUT2D eigenvalue weighted by atomic mass is 16.4. The first kappa shape index (κ1) is 10.7. The normalized spacial score (nSPS) is 10.0. The Balaban J connectivity index is 0. The maximum absolute atomic E-state index is 9.45. The Bertz CT molecular complexity index is 110. The molecule has 0 rings (SSSR count). The van der Waals surface area contributed by atoms with Crippen LogP contribution in [-0.4, -0.2) is 28.4 Å². The summed E-state index contributed by atoms with van der Waals surface area (Å²) >= 11 is 0. The van der Waals surface area contributed by atoms with E-state index in [1.807, 2.05) is 0 Å². The van der Waals surface area contributed by atoms with E-state index in [2.05, 4.69) is 0 Å². The summed E-state index contributed by atoms with van der Waals surface area (Å²) in [5.41, 5.74) is 0. The molecule has 0 aliphatic carbocycles. The topological polar surface area (TPSA) is 91.7 Å². The van der Waals surface area contributed by atoms with Crippen LogP contribution in [0.25, 0.3) is 0 Å². The summed E-state index contributed by atoms with van der Waals surface area (Å²) < 4.78 is 0. The average Bonchev–Trinajstić information content (AvgIpc) is 1.68. The van der Waals surface area contributed by atoms with Crippen molar-refractivity contribution in [1.82, 2.24) is 0 Å². The molecule has 0 saturated carbocycles. The Morgan fingerprint density at radius 2 is 1.67 bits per heavy atom. The number of carbonyl (C=O) groups excluding carboxylic acids is 2. The van der Waals surface area contributed by atoms with Crippen LogP contribution in [0.4, 0.5) is 0 Å². The summed E-state index contributed by atoms with van der Waals surface area (Å²) in [7, 11) is 0. The fourth-order valence-corrected chi connectivity index (χ4v) is 0. The van der Waals surface area contributed by atoms with Crippen molar-refractivity contribution in [3.63, 3.8) is 0 Å². The fourth-order valence-electron chi connectivity index (χ4n) is 0. The highest BCUT2D eigenvalue weighted by Gasteiger charge is 2.01. The van der Waals surface area contributed by atoms with Gasteiger partial charge in [0, 0.05) is 0 Å². The lowest BCUT2D eigenvalue weighted by Crippen LogP contribution is -2.13. The lowest BCUT2D eigenvalue weighted by atomic mass is 10.4. The molecule has 0 bridgehead atoms. The predicted molar refractivity (Wildman–Crippen MR) is 24.3 cm³/mol. The second kappa shape index (κ2) is 6.81. The molecular weight excluding hydrogens is 128 g/mol. The second-order valence-corrected chi connectivity index (χ2v) is 1.10. The minimum absolute atomic E-state index is 0.250. The number of carboxylic acid groups (broad SMARTS) is 1. The van der Waals surface area contributed by atoms with Crippen molar-refractivity contribution in [3.05, 3.63) is 0 Å². The highest BCUT2D eigenvalue weighted by Crippen LogP contribution is 1.73. The number of hydrogen-bond acceptors (Lipinski definition) is 4. The Morgan fingerprint density at radius 1 is 1.56 bits per heavy atom. The molecule has 0 aromatic rings. The van der Waals surface area contributed by atoms with Gasteiger partial charge in [-0.1, -0.05) is 0 Å². The van der Waals surface area contributed by atoms with Gasteiger partial charge < -0.3 is 10.2 Å². The summed E-state index contributed by atoms with van der Waals surface area (Å²) in [5.74, 6) is -1.19. The maximum Gasteiger partial charge on any atom is 0.373 e. The van der Waals surface area contributed by atoms with Crippen LogP contribution in [0.1, 0.15) is 6.92 Å². The molecular formula is C4H6O5. The third-order valence-electron chi connectivity index (χ3n) is 0.357. The lowest BCUT2D eigenvalue weighted by molar-refractivity contribution is -0.191. The van der Waals surface area contributed by atoms with Gasteiger partial charge in [0.05, 0.1) is 0 Å². The first-order valence-corrected chi connectivity index (χ1v) is 1.96. The van der Waals surface area contributed by atoms with E-state index in [9.17, 15) is 4.79 Å². The van der Waals surface area contributed by atoms with E-state index in [-0.39, 0.29) is 6.15 Å². The smallest absolute Gasteiger partial charge is 0.373 e. The van der Waals surface area contributed by atoms with Gasteiger partial charge in [-0.05, 0) is 6.92 Å². The molecule has 0 radical (unpaired) electrons. The molecule has 1 unspecified atom stereocenters. The summed E-state index contributed by atoms with van der Waals surface area (Å²) in [6.07, 6.45) is -0.981. The summed E-state index contributed by atoms with van der Waals surface area (Å²) in [4.78, 5) is 25.7. The quantitative estimate of drug-likeness (QED) is 0.473. The minimum atomic E-state index is -1.23. The Hall–Kier alpha value is -1.19. The van der Waals surface area contributed by atoms with E-state index in [0.29, 0.717) is 0 Å². The fraction of sp³-hybridized carbons (Fsp3) is 0.500. The van der Waals surface area contributed by atoms with Crippen molar-refractivity contribution in [2.45, 2.75) is 13.0 Å². The average molecular weight is 134 g/mol. The molecule has 0 spiro atoms. The van der Waals surface area contributed by atoms with Crippen molar-refractivity contribution in [1.29, 1.82) is 0 Å². The number of rotatable bonds is 1. The molecule has 0 heterocycles. The number of hydrogen-bond donors (Lipinski definition) is 2. The van der Waals surface area contributed by atoms with E-state index in [0.717, 1.165) is 0 Å². The molecule has 0 aromatic carbocycles. The zero-order chi connectivity index (χ0) is 7.86. The molecule has 0 aliphatic heterocycles. The molecule has 0 aliphatic rings. The number of aliphatic hydroxyl groups is 1. The van der Waals surface area contributed by atoms with Crippen LogP contribution in [0.5, 0.6) is 0 Å². The van der Waals surface area contributed by atoms with E-state index < -0.39 is 12.1 Å². The molecule has 0 amide bonds. The van der Waals surface area contributed by atoms with Gasteiger partial charge in [0.15, 0.2) is 0 Å². The van der Waals surface area contributed by atoms with Gasteiger partial charge in [-0.25, -0.2) is 4.79 Å². The van der Waals surface area contributed by atoms with Crippen LogP contribution in [0.2, 0.25) is 0 Å². The van der Waals surface area contributed by atoms with E-state index in [4.69, 9.17) is 19.8 Å². The molecule has 1 atom stereocenters. The summed E-state index contributed by atoms with van der Waals surface area (Å²) in [6, 6.07) is 0. The predicted octanol–water partition coefficient (Wildman–Crippen LogP) is -1.13. The number of aliphatic carboxylic acids is 1. The van der Waals surface area contributed by atoms with Gasteiger partial charge in [-0.2, -0.15) is 9.59 Å². The van der Waals surface area contributed by atoms with Gasteiger partial charge in [0.1, 0.15) is 6.10 Å². The minimum Gasteiger partial charge on any atom is -0.479 e. The van der Waals surface area contributed by atoms with E-state index >= 15 is 0 Å². The van der Waals surface area contributed by atoms with Crippen LogP contribution in [0.3, 0.4) is 0 Å². The van der Waals surface area contributed by atoms with Gasteiger partial charge in [0.25, 0.3) is 0 Å². The Kier molecular flexibility index (Phi) is 8.12. The van der Waals surface area contributed by atoms with E-state index in [1.54, 1.807) is 0 Å². The maximum atomic E-state index is 9.45. The van der Waals surface area contributed by atoms with Crippen LogP contribution in [0, 0.1) is 0 Å². The lowest BCUT2D eigenvalue weighted by Gasteiger charge is -1.89. The number of aliphatic hydroxyl groups excluding tert-OH is 1. The number of carbonyl (C=O) groups is 1. The van der Waals surface area contributed by atoms with Crippen LogP contribution in [0.15, 0.2) is 0 Å². The zero-order valence-corrected chi connectivity index (χ0v) is 4.70. The van der Waals surface area contributed by atoms with Gasteiger partial charge >= 0.3 is 12.1 Å². The van der Waals surface area contributed by atoms with Gasteiger partial charge in [0.2, 0.25) is 0 Å². The van der Waals surface area contributed by atoms with Crippen molar-refractivity contribution < 1.29 is 24.6 Å². The van der Waals surface area contributed by atoms with Crippen LogP contribution < -0.4 is 0 Å². The van der Waals surface area contributed by atoms with Crippen molar-refractivity contribution in [2.75, 3.05) is 0 Å².